The predicted molar refractivity (Wildman–Crippen MR) is 55.1 cm³/mol. The second-order valence-electron chi connectivity index (χ2n) is 3.84. The number of nitrogens with zero attached hydrogens (tertiary/aromatic N) is 1. The monoisotopic (exact) mass is 245 g/mol. The first-order valence-corrected chi connectivity index (χ1v) is 4.96. The molecule has 6 heteroatoms. The maximum atomic E-state index is 12.2. The lowest BCUT2D eigenvalue weighted by atomic mass is 10.1. The summed E-state index contributed by atoms with van der Waals surface area (Å²) in [6.07, 6.45) is -5.27. The molecule has 0 atom stereocenters. The van der Waals surface area contributed by atoms with Crippen molar-refractivity contribution >= 4 is 11.6 Å². The summed E-state index contributed by atoms with van der Waals surface area (Å²) in [7, 11) is 1.51. The van der Waals surface area contributed by atoms with Crippen LogP contribution in [-0.4, -0.2) is 25.7 Å². The maximum absolute atomic E-state index is 12.2. The summed E-state index contributed by atoms with van der Waals surface area (Å²) in [5, 5.41) is 0. The topological polar surface area (TPSA) is 29.5 Å². The number of hydrogen-bond donors (Lipinski definition) is 0. The summed E-state index contributed by atoms with van der Waals surface area (Å²) in [6.45, 7) is -0.0812. The Kier molecular flexibility index (Phi) is 2.73. The van der Waals surface area contributed by atoms with Crippen molar-refractivity contribution < 1.29 is 22.7 Å². The Morgan fingerprint density at radius 2 is 2.12 bits per heavy atom. The molecule has 0 N–H and O–H groups in total. The van der Waals surface area contributed by atoms with Crippen LogP contribution >= 0.6 is 0 Å². The molecule has 1 aromatic rings. The zero-order valence-electron chi connectivity index (χ0n) is 9.04. The summed E-state index contributed by atoms with van der Waals surface area (Å²) >= 11 is 0. The van der Waals surface area contributed by atoms with E-state index in [4.69, 9.17) is 4.74 Å². The number of carbonyl (C=O) groups is 1. The standard InChI is InChI=1S/C11H10F3NO2/c1-15-8-4-7(5-11(12,13)14)2-3-9(8)17-6-10(15)16/h2-4H,5-6H2,1H3. The molecule has 0 radical (unpaired) electrons. The molecule has 1 aliphatic heterocycles. The van der Waals surface area contributed by atoms with Gasteiger partial charge in [0.05, 0.1) is 12.1 Å². The molecule has 3 nitrogen and oxygen atoms in total. The Balaban J connectivity index is 2.32. The molecule has 0 aromatic heterocycles. The average Bonchev–Trinajstić information content (AvgIpc) is 2.22. The molecule has 92 valence electrons. The second kappa shape index (κ2) is 3.94. The molecule has 0 spiro atoms. The van der Waals surface area contributed by atoms with Crippen LogP contribution in [0.25, 0.3) is 0 Å². The minimum atomic E-state index is -4.26. The van der Waals surface area contributed by atoms with Crippen LogP contribution in [0.5, 0.6) is 5.75 Å². The number of ether oxygens (including phenoxy) is 1. The number of halogens is 3. The summed E-state index contributed by atoms with van der Waals surface area (Å²) in [6, 6.07) is 4.15. The molecule has 2 rings (SSSR count). The van der Waals surface area contributed by atoms with Crippen molar-refractivity contribution in [1.82, 2.24) is 0 Å². The normalized spacial score (nSPS) is 15.5. The van der Waals surface area contributed by atoms with Crippen molar-refractivity contribution in [3.63, 3.8) is 0 Å². The highest BCUT2D eigenvalue weighted by atomic mass is 19.4. The fourth-order valence-electron chi connectivity index (χ4n) is 1.66. The van der Waals surface area contributed by atoms with Crippen LogP contribution in [-0.2, 0) is 11.2 Å². The molecular weight excluding hydrogens is 235 g/mol. The molecule has 1 amide bonds. The first kappa shape index (κ1) is 11.8. The fourth-order valence-corrected chi connectivity index (χ4v) is 1.66. The second-order valence-corrected chi connectivity index (χ2v) is 3.84. The van der Waals surface area contributed by atoms with E-state index in [1.165, 1.54) is 30.1 Å². The highest BCUT2D eigenvalue weighted by Gasteiger charge is 2.29. The number of rotatable bonds is 1. The van der Waals surface area contributed by atoms with Crippen LogP contribution in [0.15, 0.2) is 18.2 Å². The van der Waals surface area contributed by atoms with Crippen molar-refractivity contribution in [2.75, 3.05) is 18.6 Å². The smallest absolute Gasteiger partial charge is 0.393 e. The van der Waals surface area contributed by atoms with Crippen LogP contribution < -0.4 is 9.64 Å². The van der Waals surface area contributed by atoms with Crippen molar-refractivity contribution in [1.29, 1.82) is 0 Å². The lowest BCUT2D eigenvalue weighted by Gasteiger charge is -2.26. The van der Waals surface area contributed by atoms with Crippen LogP contribution in [0.4, 0.5) is 18.9 Å². The van der Waals surface area contributed by atoms with Gasteiger partial charge < -0.3 is 9.64 Å². The van der Waals surface area contributed by atoms with Crippen LogP contribution in [0.3, 0.4) is 0 Å². The van der Waals surface area contributed by atoms with Gasteiger partial charge in [0.15, 0.2) is 6.61 Å². The Morgan fingerprint density at radius 3 is 2.76 bits per heavy atom. The Morgan fingerprint density at radius 1 is 1.41 bits per heavy atom. The Hall–Kier alpha value is -1.72. The lowest BCUT2D eigenvalue weighted by molar-refractivity contribution is -0.127. The summed E-state index contributed by atoms with van der Waals surface area (Å²) in [5.41, 5.74) is 0.490. The number of carbonyl (C=O) groups excluding carboxylic acids is 1. The van der Waals surface area contributed by atoms with Gasteiger partial charge in [-0.05, 0) is 17.7 Å². The number of alkyl halides is 3. The van der Waals surface area contributed by atoms with E-state index in [0.717, 1.165) is 0 Å². The van der Waals surface area contributed by atoms with Gasteiger partial charge in [0.1, 0.15) is 5.75 Å². The molecule has 0 saturated carbocycles. The molecule has 0 saturated heterocycles. The Bertz CT molecular complexity index is 457. The third-order valence-corrected chi connectivity index (χ3v) is 2.51. The minimum Gasteiger partial charge on any atom is -0.482 e. The Labute approximate surface area is 95.8 Å². The number of hydrogen-bond acceptors (Lipinski definition) is 2. The number of fused-ring (bicyclic) bond motifs is 1. The highest BCUT2D eigenvalue weighted by molar-refractivity contribution is 5.97. The van der Waals surface area contributed by atoms with E-state index < -0.39 is 12.6 Å². The quantitative estimate of drug-likeness (QED) is 0.758. The molecule has 1 heterocycles. The van der Waals surface area contributed by atoms with Crippen molar-refractivity contribution in [3.8, 4) is 5.75 Å². The van der Waals surface area contributed by atoms with Crippen molar-refractivity contribution in [2.45, 2.75) is 12.6 Å². The first-order chi connectivity index (χ1) is 7.87. The number of likely N-dealkylation sites (N-methyl/N-ethyl adjacent to an activating group) is 1. The van der Waals surface area contributed by atoms with Gasteiger partial charge in [-0.3, -0.25) is 4.79 Å². The third kappa shape index (κ3) is 2.51. The van der Waals surface area contributed by atoms with E-state index in [0.29, 0.717) is 11.4 Å². The van der Waals surface area contributed by atoms with Crippen LogP contribution in [0.1, 0.15) is 5.56 Å². The minimum absolute atomic E-state index is 0.0812. The number of benzene rings is 1. The van der Waals surface area contributed by atoms with Gasteiger partial charge >= 0.3 is 6.18 Å². The average molecular weight is 245 g/mol. The van der Waals surface area contributed by atoms with Gasteiger partial charge in [-0.15, -0.1) is 0 Å². The van der Waals surface area contributed by atoms with Gasteiger partial charge in [0.2, 0.25) is 0 Å². The van der Waals surface area contributed by atoms with E-state index >= 15 is 0 Å². The molecule has 0 unspecified atom stereocenters. The molecule has 1 aliphatic rings. The fraction of sp³-hybridized carbons (Fsp3) is 0.364. The van der Waals surface area contributed by atoms with Gasteiger partial charge in [-0.1, -0.05) is 6.07 Å². The molecular formula is C11H10F3NO2. The van der Waals surface area contributed by atoms with E-state index in [2.05, 4.69) is 0 Å². The summed E-state index contributed by atoms with van der Waals surface area (Å²) < 4.78 is 41.8. The van der Waals surface area contributed by atoms with Gasteiger partial charge in [0, 0.05) is 7.05 Å². The zero-order chi connectivity index (χ0) is 12.6. The summed E-state index contributed by atoms with van der Waals surface area (Å²) in [4.78, 5) is 12.6. The van der Waals surface area contributed by atoms with E-state index in [1.807, 2.05) is 0 Å². The van der Waals surface area contributed by atoms with E-state index in [1.54, 1.807) is 0 Å². The van der Waals surface area contributed by atoms with Crippen LogP contribution in [0.2, 0.25) is 0 Å². The third-order valence-electron chi connectivity index (χ3n) is 2.51. The largest absolute Gasteiger partial charge is 0.482 e. The first-order valence-electron chi connectivity index (χ1n) is 4.96. The predicted octanol–water partition coefficient (Wildman–Crippen LogP) is 2.15. The molecule has 0 fully saturated rings. The molecule has 1 aromatic carbocycles. The SMILES string of the molecule is CN1C(=O)COc2ccc(CC(F)(F)F)cc21. The zero-order valence-corrected chi connectivity index (χ0v) is 9.04. The van der Waals surface area contributed by atoms with Crippen LogP contribution in [0, 0.1) is 0 Å². The van der Waals surface area contributed by atoms with E-state index in [-0.39, 0.29) is 18.1 Å². The number of anilines is 1. The molecule has 0 bridgehead atoms. The van der Waals surface area contributed by atoms with Gasteiger partial charge in [-0.25, -0.2) is 0 Å². The van der Waals surface area contributed by atoms with Crippen molar-refractivity contribution in [3.05, 3.63) is 23.8 Å². The van der Waals surface area contributed by atoms with Gasteiger partial charge in [0.25, 0.3) is 5.91 Å². The molecule has 17 heavy (non-hydrogen) atoms. The number of amides is 1. The van der Waals surface area contributed by atoms with Gasteiger partial charge in [-0.2, -0.15) is 13.2 Å². The maximum Gasteiger partial charge on any atom is 0.393 e. The highest BCUT2D eigenvalue weighted by Crippen LogP contribution is 2.33. The molecule has 0 aliphatic carbocycles. The summed E-state index contributed by atoms with van der Waals surface area (Å²) in [5.74, 6) is 0.152. The van der Waals surface area contributed by atoms with E-state index in [9.17, 15) is 18.0 Å². The van der Waals surface area contributed by atoms with Crippen molar-refractivity contribution in [2.24, 2.45) is 0 Å². The lowest BCUT2D eigenvalue weighted by Crippen LogP contribution is -2.35.